The van der Waals surface area contributed by atoms with Crippen LogP contribution in [0, 0.1) is 11.8 Å². The van der Waals surface area contributed by atoms with Gasteiger partial charge < -0.3 is 10.2 Å². The lowest BCUT2D eigenvalue weighted by atomic mass is 9.91. The number of carboxylic acids is 2. The minimum absolute atomic E-state index is 0. The predicted molar refractivity (Wildman–Crippen MR) is 72.2 cm³/mol. The van der Waals surface area contributed by atoms with Crippen molar-refractivity contribution in [2.45, 2.75) is 49.0 Å². The quantitative estimate of drug-likeness (QED) is 0.703. The summed E-state index contributed by atoms with van der Waals surface area (Å²) >= 11 is 0. The van der Waals surface area contributed by atoms with E-state index in [1.807, 2.05) is 13.0 Å². The fourth-order valence-electron chi connectivity index (χ4n) is 1.10. The lowest BCUT2D eigenvalue weighted by molar-refractivity contribution is -0.152. The smallest absolute Gasteiger partial charge is 0.307 e. The second-order valence-corrected chi connectivity index (χ2v) is 3.19. The van der Waals surface area contributed by atoms with Gasteiger partial charge in [-0.1, -0.05) is 48.3 Å². The third kappa shape index (κ3) is 9.60. The van der Waals surface area contributed by atoms with Gasteiger partial charge in [-0.2, -0.15) is 0 Å². The molecule has 0 radical (unpaired) electrons. The first-order chi connectivity index (χ1) is 6.50. The number of allylic oxidation sites excluding steroid dienone is 2. The number of hydrogen-bond acceptors (Lipinski definition) is 2. The van der Waals surface area contributed by atoms with E-state index in [0.29, 0.717) is 0 Å². The van der Waals surface area contributed by atoms with E-state index in [-0.39, 0.29) is 28.7 Å². The summed E-state index contributed by atoms with van der Waals surface area (Å²) in [5, 5.41) is 17.5. The van der Waals surface area contributed by atoms with Crippen LogP contribution in [0.4, 0.5) is 0 Å². The maximum Gasteiger partial charge on any atom is 0.307 e. The Morgan fingerprint density at radius 3 is 1.82 bits per heavy atom. The van der Waals surface area contributed by atoms with Crippen molar-refractivity contribution in [2.75, 3.05) is 0 Å². The normalized spacial score (nSPS) is 12.6. The minimum Gasteiger partial charge on any atom is -0.481 e. The van der Waals surface area contributed by atoms with Gasteiger partial charge in [-0.05, 0) is 12.8 Å². The van der Waals surface area contributed by atoms with Crippen LogP contribution in [0.1, 0.15) is 49.0 Å². The second kappa shape index (κ2) is 12.7. The highest BCUT2D eigenvalue weighted by molar-refractivity contribution is 5.79. The Bertz CT molecular complexity index is 234. The predicted octanol–water partition coefficient (Wildman–Crippen LogP) is 3.67. The van der Waals surface area contributed by atoms with Crippen LogP contribution in [0.25, 0.3) is 0 Å². The number of hydrogen-bond donors (Lipinski definition) is 2. The Morgan fingerprint density at radius 2 is 1.53 bits per heavy atom. The van der Waals surface area contributed by atoms with Gasteiger partial charge in [-0.25, -0.2) is 0 Å². The largest absolute Gasteiger partial charge is 0.481 e. The SMILES string of the molecule is C.C.C.CCC=CCC(C(=O)O)C(C)C(=O)O. The third-order valence-corrected chi connectivity index (χ3v) is 2.10. The van der Waals surface area contributed by atoms with Gasteiger partial charge in [0.2, 0.25) is 0 Å². The van der Waals surface area contributed by atoms with E-state index < -0.39 is 23.8 Å². The molecule has 0 saturated carbocycles. The van der Waals surface area contributed by atoms with Crippen molar-refractivity contribution in [1.82, 2.24) is 0 Å². The number of rotatable bonds is 6. The monoisotopic (exact) mass is 248 g/mol. The molecule has 2 N–H and O–H groups in total. The summed E-state index contributed by atoms with van der Waals surface area (Å²) in [4.78, 5) is 21.3. The molecule has 0 bridgehead atoms. The Balaban J connectivity index is -0.000000282. The zero-order valence-electron chi connectivity index (χ0n) is 8.43. The molecule has 0 aromatic carbocycles. The highest BCUT2D eigenvalue weighted by Gasteiger charge is 2.28. The van der Waals surface area contributed by atoms with Crippen molar-refractivity contribution in [1.29, 1.82) is 0 Å². The fourth-order valence-corrected chi connectivity index (χ4v) is 1.10. The summed E-state index contributed by atoms with van der Waals surface area (Å²) < 4.78 is 0. The molecule has 0 saturated heterocycles. The molecule has 0 spiro atoms. The molecular formula is C13H28O4. The maximum absolute atomic E-state index is 10.7. The molecule has 4 nitrogen and oxygen atoms in total. The average molecular weight is 248 g/mol. The number of aliphatic carboxylic acids is 2. The van der Waals surface area contributed by atoms with Crippen LogP contribution in [0.5, 0.6) is 0 Å². The topological polar surface area (TPSA) is 74.6 Å². The number of carbonyl (C=O) groups is 2. The van der Waals surface area contributed by atoms with E-state index in [0.717, 1.165) is 6.42 Å². The molecule has 17 heavy (non-hydrogen) atoms. The summed E-state index contributed by atoms with van der Waals surface area (Å²) in [6.07, 6.45) is 4.66. The minimum atomic E-state index is -1.07. The molecule has 0 rings (SSSR count). The molecule has 2 atom stereocenters. The van der Waals surface area contributed by atoms with Gasteiger partial charge in [0.05, 0.1) is 11.8 Å². The van der Waals surface area contributed by atoms with Crippen LogP contribution in [0.2, 0.25) is 0 Å². The first-order valence-corrected chi connectivity index (χ1v) is 4.61. The van der Waals surface area contributed by atoms with Gasteiger partial charge in [-0.3, -0.25) is 9.59 Å². The Labute approximate surface area is 105 Å². The first kappa shape index (κ1) is 24.8. The molecule has 0 heterocycles. The molecule has 104 valence electrons. The van der Waals surface area contributed by atoms with Crippen LogP contribution in [0.3, 0.4) is 0 Å². The van der Waals surface area contributed by atoms with Gasteiger partial charge in [-0.15, -0.1) is 0 Å². The van der Waals surface area contributed by atoms with E-state index in [9.17, 15) is 9.59 Å². The molecule has 4 heteroatoms. The van der Waals surface area contributed by atoms with Crippen molar-refractivity contribution in [2.24, 2.45) is 11.8 Å². The standard InChI is InChI=1S/C10H16O4.3CH4/c1-3-4-5-6-8(10(13)14)7(2)9(11)12;;;/h4-5,7-8H,3,6H2,1-2H3,(H,11,12)(H,13,14);3*1H4. The van der Waals surface area contributed by atoms with E-state index in [2.05, 4.69) is 0 Å². The van der Waals surface area contributed by atoms with Gasteiger partial charge in [0, 0.05) is 0 Å². The van der Waals surface area contributed by atoms with Crippen molar-refractivity contribution in [3.8, 4) is 0 Å². The van der Waals surface area contributed by atoms with Crippen LogP contribution < -0.4 is 0 Å². The second-order valence-electron chi connectivity index (χ2n) is 3.19. The zero-order chi connectivity index (χ0) is 11.1. The maximum atomic E-state index is 10.7. The van der Waals surface area contributed by atoms with E-state index in [4.69, 9.17) is 10.2 Å². The van der Waals surface area contributed by atoms with Crippen LogP contribution in [0.15, 0.2) is 12.2 Å². The molecule has 0 aliphatic rings. The molecule has 0 aromatic rings. The number of carboxylic acid groups (broad SMARTS) is 2. The first-order valence-electron chi connectivity index (χ1n) is 4.61. The van der Waals surface area contributed by atoms with E-state index >= 15 is 0 Å². The lowest BCUT2D eigenvalue weighted by Gasteiger charge is -2.13. The van der Waals surface area contributed by atoms with Crippen molar-refractivity contribution < 1.29 is 19.8 Å². The Hall–Kier alpha value is -1.32. The summed E-state index contributed by atoms with van der Waals surface area (Å²) in [6.45, 7) is 3.35. The summed E-state index contributed by atoms with van der Waals surface area (Å²) in [5.74, 6) is -3.81. The Morgan fingerprint density at radius 1 is 1.06 bits per heavy atom. The molecule has 0 amide bonds. The van der Waals surface area contributed by atoms with Gasteiger partial charge in [0.1, 0.15) is 0 Å². The van der Waals surface area contributed by atoms with Crippen molar-refractivity contribution >= 4 is 11.9 Å². The van der Waals surface area contributed by atoms with Crippen LogP contribution in [-0.2, 0) is 9.59 Å². The average Bonchev–Trinajstić information content (AvgIpc) is 2.10. The summed E-state index contributed by atoms with van der Waals surface area (Å²) in [6, 6.07) is 0. The molecule has 2 unspecified atom stereocenters. The highest BCUT2D eigenvalue weighted by Crippen LogP contribution is 2.17. The van der Waals surface area contributed by atoms with E-state index in [1.165, 1.54) is 6.92 Å². The molecule has 0 aliphatic heterocycles. The fraction of sp³-hybridized carbons (Fsp3) is 0.692. The van der Waals surface area contributed by atoms with Crippen molar-refractivity contribution in [3.63, 3.8) is 0 Å². The molecule has 0 aliphatic carbocycles. The molecule has 0 fully saturated rings. The molecule has 0 aromatic heterocycles. The van der Waals surface area contributed by atoms with Gasteiger partial charge >= 0.3 is 11.9 Å². The highest BCUT2D eigenvalue weighted by atomic mass is 16.4. The summed E-state index contributed by atoms with van der Waals surface area (Å²) in [7, 11) is 0. The van der Waals surface area contributed by atoms with Gasteiger partial charge in [0.15, 0.2) is 0 Å². The van der Waals surface area contributed by atoms with Crippen LogP contribution in [-0.4, -0.2) is 22.2 Å². The van der Waals surface area contributed by atoms with Crippen LogP contribution >= 0.6 is 0 Å². The van der Waals surface area contributed by atoms with Gasteiger partial charge in [0.25, 0.3) is 0 Å². The molecular weight excluding hydrogens is 220 g/mol. The lowest BCUT2D eigenvalue weighted by Crippen LogP contribution is -2.27. The Kier molecular flexibility index (Phi) is 18.6. The van der Waals surface area contributed by atoms with Crippen molar-refractivity contribution in [3.05, 3.63) is 12.2 Å². The third-order valence-electron chi connectivity index (χ3n) is 2.10. The zero-order valence-corrected chi connectivity index (χ0v) is 8.43. The summed E-state index contributed by atoms with van der Waals surface area (Å²) in [5.41, 5.74) is 0. The van der Waals surface area contributed by atoms with E-state index in [1.54, 1.807) is 6.08 Å².